The van der Waals surface area contributed by atoms with Gasteiger partial charge in [0.25, 0.3) is 0 Å². The molecule has 4 heteroatoms. The summed E-state index contributed by atoms with van der Waals surface area (Å²) in [4.78, 5) is 0. The van der Waals surface area contributed by atoms with Gasteiger partial charge in [-0.1, -0.05) is 15.9 Å². The molecule has 0 spiro atoms. The van der Waals surface area contributed by atoms with E-state index in [1.54, 1.807) is 12.1 Å². The maximum atomic E-state index is 8.87. The van der Waals surface area contributed by atoms with E-state index < -0.39 is 0 Å². The van der Waals surface area contributed by atoms with Crippen molar-refractivity contribution in [3.63, 3.8) is 0 Å². The van der Waals surface area contributed by atoms with Crippen LogP contribution in [0.15, 0.2) is 45.3 Å². The molecule has 0 aliphatic carbocycles. The van der Waals surface area contributed by atoms with Crippen molar-refractivity contribution in [2.75, 3.05) is 0 Å². The quantitative estimate of drug-likeness (QED) is 0.733. The van der Waals surface area contributed by atoms with Crippen molar-refractivity contribution in [1.29, 1.82) is 5.26 Å². The SMILES string of the molecule is Cc1cc(Oc2ccc(Br)cc2Br)ccc1C#N. The molecule has 0 atom stereocenters. The summed E-state index contributed by atoms with van der Waals surface area (Å²) < 4.78 is 7.63. The van der Waals surface area contributed by atoms with Crippen molar-refractivity contribution >= 4 is 31.9 Å². The smallest absolute Gasteiger partial charge is 0.141 e. The van der Waals surface area contributed by atoms with Crippen molar-refractivity contribution in [2.45, 2.75) is 6.92 Å². The van der Waals surface area contributed by atoms with Crippen molar-refractivity contribution in [3.8, 4) is 17.6 Å². The monoisotopic (exact) mass is 365 g/mol. The van der Waals surface area contributed by atoms with Gasteiger partial charge in [-0.2, -0.15) is 5.26 Å². The van der Waals surface area contributed by atoms with Crippen LogP contribution in [0.1, 0.15) is 11.1 Å². The molecule has 18 heavy (non-hydrogen) atoms. The topological polar surface area (TPSA) is 33.0 Å². The fraction of sp³-hybridized carbons (Fsp3) is 0.0714. The summed E-state index contributed by atoms with van der Waals surface area (Å²) in [6, 6.07) is 13.3. The molecule has 0 fully saturated rings. The minimum absolute atomic E-state index is 0.664. The van der Waals surface area contributed by atoms with Crippen molar-refractivity contribution in [3.05, 3.63) is 56.5 Å². The Bertz CT molecular complexity index is 632. The standard InChI is InChI=1S/C14H9Br2NO/c1-9-6-12(4-2-10(9)8-17)18-14-5-3-11(15)7-13(14)16/h2-7H,1H3. The number of hydrogen-bond acceptors (Lipinski definition) is 2. The molecule has 2 aromatic rings. The molecule has 0 N–H and O–H groups in total. The third kappa shape index (κ3) is 2.92. The fourth-order valence-corrected chi connectivity index (χ4v) is 2.64. The molecule has 2 rings (SSSR count). The van der Waals surface area contributed by atoms with Gasteiger partial charge >= 0.3 is 0 Å². The van der Waals surface area contributed by atoms with E-state index in [0.29, 0.717) is 5.56 Å². The zero-order valence-corrected chi connectivity index (χ0v) is 12.7. The maximum absolute atomic E-state index is 8.87. The van der Waals surface area contributed by atoms with Crippen LogP contribution in [0.25, 0.3) is 0 Å². The lowest BCUT2D eigenvalue weighted by Crippen LogP contribution is -1.88. The molecule has 0 aliphatic rings. The first kappa shape index (κ1) is 13.1. The molecule has 0 saturated carbocycles. The molecule has 90 valence electrons. The Kier molecular flexibility index (Phi) is 4.05. The van der Waals surface area contributed by atoms with Crippen molar-refractivity contribution < 1.29 is 4.74 Å². The lowest BCUT2D eigenvalue weighted by Gasteiger charge is -2.09. The molecule has 0 bridgehead atoms. The number of hydrogen-bond donors (Lipinski definition) is 0. The van der Waals surface area contributed by atoms with Crippen molar-refractivity contribution in [2.24, 2.45) is 0 Å². The van der Waals surface area contributed by atoms with Gasteiger partial charge < -0.3 is 4.74 Å². The normalized spacial score (nSPS) is 9.89. The molecular formula is C14H9Br2NO. The highest BCUT2D eigenvalue weighted by atomic mass is 79.9. The number of aryl methyl sites for hydroxylation is 1. The lowest BCUT2D eigenvalue weighted by molar-refractivity contribution is 0.479. The third-order valence-corrected chi connectivity index (χ3v) is 3.55. The van der Waals surface area contributed by atoms with Gasteiger partial charge in [-0.15, -0.1) is 0 Å². The molecule has 2 aromatic carbocycles. The first-order valence-corrected chi connectivity index (χ1v) is 6.82. The number of benzene rings is 2. The van der Waals surface area contributed by atoms with Crippen LogP contribution in [0.5, 0.6) is 11.5 Å². The Morgan fingerprint density at radius 2 is 1.89 bits per heavy atom. The van der Waals surface area contributed by atoms with Crippen LogP contribution in [0, 0.1) is 18.3 Å². The summed E-state index contributed by atoms with van der Waals surface area (Å²) in [5.41, 5.74) is 1.57. The van der Waals surface area contributed by atoms with Gasteiger partial charge in [-0.05, 0) is 64.8 Å². The molecule has 0 aliphatic heterocycles. The Morgan fingerprint density at radius 1 is 1.11 bits per heavy atom. The molecular weight excluding hydrogens is 358 g/mol. The summed E-state index contributed by atoms with van der Waals surface area (Å²) in [7, 11) is 0. The first-order valence-electron chi connectivity index (χ1n) is 5.24. The Morgan fingerprint density at radius 3 is 2.50 bits per heavy atom. The summed E-state index contributed by atoms with van der Waals surface area (Å²) in [5.74, 6) is 1.46. The highest BCUT2D eigenvalue weighted by Crippen LogP contribution is 2.32. The fourth-order valence-electron chi connectivity index (χ4n) is 1.51. The van der Waals surface area contributed by atoms with E-state index in [4.69, 9.17) is 10.00 Å². The van der Waals surface area contributed by atoms with Gasteiger partial charge in [0.15, 0.2) is 0 Å². The van der Waals surface area contributed by atoms with E-state index in [1.807, 2.05) is 31.2 Å². The van der Waals surface area contributed by atoms with Gasteiger partial charge in [0.2, 0.25) is 0 Å². The summed E-state index contributed by atoms with van der Waals surface area (Å²) in [5, 5.41) is 8.87. The van der Waals surface area contributed by atoms with Crippen LogP contribution in [-0.4, -0.2) is 0 Å². The minimum atomic E-state index is 0.664. The van der Waals surface area contributed by atoms with Crippen LogP contribution in [0.3, 0.4) is 0 Å². The molecule has 0 radical (unpaired) electrons. The Hall–Kier alpha value is -1.31. The second-order valence-electron chi connectivity index (χ2n) is 3.77. The zero-order valence-electron chi connectivity index (χ0n) is 9.58. The molecule has 2 nitrogen and oxygen atoms in total. The van der Waals surface area contributed by atoms with Crippen molar-refractivity contribution in [1.82, 2.24) is 0 Å². The maximum Gasteiger partial charge on any atom is 0.141 e. The Balaban J connectivity index is 2.29. The van der Waals surface area contributed by atoms with Gasteiger partial charge in [-0.25, -0.2) is 0 Å². The average Bonchev–Trinajstić information content (AvgIpc) is 2.33. The molecule has 0 amide bonds. The lowest BCUT2D eigenvalue weighted by atomic mass is 10.1. The minimum Gasteiger partial charge on any atom is -0.456 e. The van der Waals surface area contributed by atoms with E-state index in [9.17, 15) is 0 Å². The van der Waals surface area contributed by atoms with Gasteiger partial charge in [0, 0.05) is 4.47 Å². The van der Waals surface area contributed by atoms with Crippen LogP contribution < -0.4 is 4.74 Å². The molecule has 0 saturated heterocycles. The zero-order chi connectivity index (χ0) is 13.1. The van der Waals surface area contributed by atoms with Crippen LogP contribution >= 0.6 is 31.9 Å². The van der Waals surface area contributed by atoms with Gasteiger partial charge in [0.1, 0.15) is 11.5 Å². The van der Waals surface area contributed by atoms with Crippen LogP contribution in [0.2, 0.25) is 0 Å². The highest BCUT2D eigenvalue weighted by molar-refractivity contribution is 9.11. The highest BCUT2D eigenvalue weighted by Gasteiger charge is 2.05. The van der Waals surface area contributed by atoms with Gasteiger partial charge in [0.05, 0.1) is 16.1 Å². The Labute approximate surface area is 122 Å². The summed E-state index contributed by atoms with van der Waals surface area (Å²) in [6.45, 7) is 1.89. The molecule has 0 heterocycles. The number of halogens is 2. The molecule has 0 unspecified atom stereocenters. The summed E-state index contributed by atoms with van der Waals surface area (Å²) in [6.07, 6.45) is 0. The predicted molar refractivity (Wildman–Crippen MR) is 77.8 cm³/mol. The number of nitrogens with zero attached hydrogens (tertiary/aromatic N) is 1. The van der Waals surface area contributed by atoms with E-state index in [1.165, 1.54) is 0 Å². The van der Waals surface area contributed by atoms with E-state index >= 15 is 0 Å². The van der Waals surface area contributed by atoms with E-state index in [-0.39, 0.29) is 0 Å². The van der Waals surface area contributed by atoms with Gasteiger partial charge in [-0.3, -0.25) is 0 Å². The van der Waals surface area contributed by atoms with E-state index in [0.717, 1.165) is 26.0 Å². The number of ether oxygens (including phenoxy) is 1. The second-order valence-corrected chi connectivity index (χ2v) is 5.54. The average molecular weight is 367 g/mol. The molecule has 0 aromatic heterocycles. The predicted octanol–water partition coefficient (Wildman–Crippen LogP) is 5.18. The second kappa shape index (κ2) is 5.55. The number of nitriles is 1. The third-order valence-electron chi connectivity index (χ3n) is 2.44. The summed E-state index contributed by atoms with van der Waals surface area (Å²) >= 11 is 6.83. The number of rotatable bonds is 2. The van der Waals surface area contributed by atoms with Crippen LogP contribution in [0.4, 0.5) is 0 Å². The largest absolute Gasteiger partial charge is 0.456 e. The van der Waals surface area contributed by atoms with E-state index in [2.05, 4.69) is 37.9 Å². The first-order chi connectivity index (χ1) is 8.60. The van der Waals surface area contributed by atoms with Crippen LogP contribution in [-0.2, 0) is 0 Å².